The van der Waals surface area contributed by atoms with E-state index in [1.54, 1.807) is 12.1 Å². The summed E-state index contributed by atoms with van der Waals surface area (Å²) < 4.78 is 19.3. The molecule has 2 atom stereocenters. The van der Waals surface area contributed by atoms with E-state index in [9.17, 15) is 4.39 Å². The molecule has 1 fully saturated rings. The molecule has 7 heteroatoms. The summed E-state index contributed by atoms with van der Waals surface area (Å²) in [4.78, 5) is 7.01. The lowest BCUT2D eigenvalue weighted by molar-refractivity contribution is -0.0605. The maximum atomic E-state index is 13.2. The summed E-state index contributed by atoms with van der Waals surface area (Å²) in [5.74, 6) is 0.682. The van der Waals surface area contributed by atoms with E-state index in [1.165, 1.54) is 12.1 Å². The smallest absolute Gasteiger partial charge is 0.194 e. The topological polar surface area (TPSA) is 48.9 Å². The zero-order valence-electron chi connectivity index (χ0n) is 17.1. The van der Waals surface area contributed by atoms with Gasteiger partial charge in [0.05, 0.1) is 19.2 Å². The molecule has 27 heavy (non-hydrogen) atoms. The highest BCUT2D eigenvalue weighted by molar-refractivity contribution is 14.0. The van der Waals surface area contributed by atoms with Crippen molar-refractivity contribution < 1.29 is 9.13 Å². The van der Waals surface area contributed by atoms with Crippen molar-refractivity contribution in [2.75, 3.05) is 32.7 Å². The van der Waals surface area contributed by atoms with Crippen molar-refractivity contribution in [1.29, 1.82) is 0 Å². The predicted octanol–water partition coefficient (Wildman–Crippen LogP) is 3.56. The van der Waals surface area contributed by atoms with Gasteiger partial charge in [0.15, 0.2) is 5.96 Å². The van der Waals surface area contributed by atoms with Gasteiger partial charge in [-0.1, -0.05) is 12.1 Å². The molecular formula is C20H34FIN4O. The van der Waals surface area contributed by atoms with Gasteiger partial charge in [-0.3, -0.25) is 4.99 Å². The Hall–Kier alpha value is -0.930. The molecule has 1 heterocycles. The van der Waals surface area contributed by atoms with E-state index in [0.29, 0.717) is 13.1 Å². The Kier molecular flexibility index (Phi) is 9.97. The lowest BCUT2D eigenvalue weighted by Gasteiger charge is -2.38. The molecule has 0 radical (unpaired) electrons. The quantitative estimate of drug-likeness (QED) is 0.286. The van der Waals surface area contributed by atoms with Crippen LogP contribution in [0.15, 0.2) is 29.3 Å². The van der Waals surface area contributed by atoms with Crippen molar-refractivity contribution in [3.8, 4) is 0 Å². The number of benzene rings is 1. The summed E-state index contributed by atoms with van der Waals surface area (Å²) in [6.45, 7) is 14.4. The molecule has 1 aliphatic heterocycles. The lowest BCUT2D eigenvalue weighted by Crippen LogP contribution is -2.51. The molecule has 0 saturated carbocycles. The summed E-state index contributed by atoms with van der Waals surface area (Å²) in [6.07, 6.45) is -0.00809. The van der Waals surface area contributed by atoms with E-state index in [1.807, 2.05) is 0 Å². The zero-order valence-corrected chi connectivity index (χ0v) is 19.4. The summed E-state index contributed by atoms with van der Waals surface area (Å²) >= 11 is 0. The first-order valence-corrected chi connectivity index (χ1v) is 9.47. The van der Waals surface area contributed by atoms with Crippen LogP contribution in [-0.4, -0.2) is 55.2 Å². The minimum atomic E-state index is -0.226. The van der Waals surface area contributed by atoms with Crippen LogP contribution >= 0.6 is 24.0 Å². The third-order valence-electron chi connectivity index (χ3n) is 4.17. The van der Waals surface area contributed by atoms with E-state index in [0.717, 1.165) is 31.2 Å². The van der Waals surface area contributed by atoms with Crippen molar-refractivity contribution in [2.45, 2.75) is 52.4 Å². The molecule has 0 amide bonds. The fourth-order valence-electron chi connectivity index (χ4n) is 3.00. The van der Waals surface area contributed by atoms with Crippen molar-refractivity contribution in [2.24, 2.45) is 4.99 Å². The van der Waals surface area contributed by atoms with Crippen molar-refractivity contribution in [1.82, 2.24) is 15.5 Å². The number of nitrogens with zero attached hydrogens (tertiary/aromatic N) is 2. The van der Waals surface area contributed by atoms with Crippen LogP contribution in [0.5, 0.6) is 0 Å². The average Bonchev–Trinajstić information content (AvgIpc) is 2.57. The van der Waals surface area contributed by atoms with Gasteiger partial charge in [-0.05, 0) is 52.3 Å². The first kappa shape index (κ1) is 24.1. The Morgan fingerprint density at radius 3 is 2.52 bits per heavy atom. The second kappa shape index (κ2) is 11.2. The maximum Gasteiger partial charge on any atom is 0.194 e. The molecule has 1 aromatic carbocycles. The van der Waals surface area contributed by atoms with E-state index in [-0.39, 0.29) is 47.5 Å². The number of ether oxygens (including phenoxy) is 1. The van der Waals surface area contributed by atoms with Gasteiger partial charge in [0.25, 0.3) is 0 Å². The Balaban J connectivity index is 0.00000364. The molecule has 0 spiro atoms. The van der Waals surface area contributed by atoms with Gasteiger partial charge in [0, 0.05) is 25.2 Å². The number of guanidine groups is 1. The normalized spacial score (nSPS) is 21.0. The number of halogens is 2. The van der Waals surface area contributed by atoms with Crippen LogP contribution in [0.4, 0.5) is 4.39 Å². The Morgan fingerprint density at radius 2 is 1.93 bits per heavy atom. The minimum absolute atomic E-state index is 0. The molecule has 1 saturated heterocycles. The van der Waals surface area contributed by atoms with Crippen LogP contribution in [0.1, 0.15) is 46.3 Å². The third-order valence-corrected chi connectivity index (χ3v) is 4.17. The molecule has 2 unspecified atom stereocenters. The number of hydrogen-bond donors (Lipinski definition) is 2. The molecule has 2 N–H and O–H groups in total. The van der Waals surface area contributed by atoms with E-state index in [4.69, 9.17) is 9.73 Å². The first-order valence-electron chi connectivity index (χ1n) is 9.47. The number of morpholine rings is 1. The number of aliphatic imine (C=N–C) groups is 1. The van der Waals surface area contributed by atoms with Gasteiger partial charge in [-0.25, -0.2) is 4.39 Å². The van der Waals surface area contributed by atoms with Crippen LogP contribution in [0.2, 0.25) is 0 Å². The van der Waals surface area contributed by atoms with Gasteiger partial charge in [-0.15, -0.1) is 24.0 Å². The van der Waals surface area contributed by atoms with Crippen LogP contribution < -0.4 is 10.6 Å². The van der Waals surface area contributed by atoms with Gasteiger partial charge >= 0.3 is 0 Å². The monoisotopic (exact) mass is 492 g/mol. The Labute approximate surface area is 180 Å². The summed E-state index contributed by atoms with van der Waals surface area (Å²) in [6, 6.07) is 6.57. The van der Waals surface area contributed by atoms with Gasteiger partial charge in [-0.2, -0.15) is 0 Å². The van der Waals surface area contributed by atoms with E-state index >= 15 is 0 Å². The lowest BCUT2D eigenvalue weighted by atomic mass is 10.1. The van der Waals surface area contributed by atoms with Gasteiger partial charge in [0.2, 0.25) is 0 Å². The molecule has 0 aromatic heterocycles. The Bertz CT molecular complexity index is 589. The third kappa shape index (κ3) is 8.31. The highest BCUT2D eigenvalue weighted by atomic mass is 127. The SMILES string of the molecule is CCNC(=NCCNC(C)(C)C)N1CC(C)OC(c2ccc(F)cc2)C1.I. The highest BCUT2D eigenvalue weighted by Gasteiger charge is 2.28. The Morgan fingerprint density at radius 1 is 1.26 bits per heavy atom. The number of rotatable bonds is 5. The second-order valence-corrected chi connectivity index (χ2v) is 7.80. The van der Waals surface area contributed by atoms with Crippen LogP contribution in [0.3, 0.4) is 0 Å². The largest absolute Gasteiger partial charge is 0.367 e. The predicted molar refractivity (Wildman–Crippen MR) is 120 cm³/mol. The maximum absolute atomic E-state index is 13.2. The van der Waals surface area contributed by atoms with Crippen molar-refractivity contribution in [3.63, 3.8) is 0 Å². The molecule has 5 nitrogen and oxygen atoms in total. The number of nitrogens with one attached hydrogen (secondary N) is 2. The summed E-state index contributed by atoms with van der Waals surface area (Å²) in [7, 11) is 0. The fourth-order valence-corrected chi connectivity index (χ4v) is 3.00. The van der Waals surface area contributed by atoms with Crippen molar-refractivity contribution in [3.05, 3.63) is 35.6 Å². The van der Waals surface area contributed by atoms with Crippen LogP contribution in [-0.2, 0) is 4.74 Å². The van der Waals surface area contributed by atoms with E-state index < -0.39 is 0 Å². The van der Waals surface area contributed by atoms with Gasteiger partial charge < -0.3 is 20.3 Å². The second-order valence-electron chi connectivity index (χ2n) is 7.80. The van der Waals surface area contributed by atoms with Crippen molar-refractivity contribution >= 4 is 29.9 Å². The van der Waals surface area contributed by atoms with Gasteiger partial charge in [0.1, 0.15) is 11.9 Å². The highest BCUT2D eigenvalue weighted by Crippen LogP contribution is 2.25. The minimum Gasteiger partial charge on any atom is -0.367 e. The summed E-state index contributed by atoms with van der Waals surface area (Å²) in [5.41, 5.74) is 1.09. The number of hydrogen-bond acceptors (Lipinski definition) is 3. The molecule has 154 valence electrons. The molecule has 2 rings (SSSR count). The molecular weight excluding hydrogens is 458 g/mol. The standard InChI is InChI=1S/C20H33FN4O.HI/c1-6-22-19(23-11-12-24-20(3,4)5)25-13-15(2)26-18(14-25)16-7-9-17(21)10-8-16;/h7-10,15,18,24H,6,11-14H2,1-5H3,(H,22,23);1H. The average molecular weight is 492 g/mol. The summed E-state index contributed by atoms with van der Waals surface area (Å²) in [5, 5.41) is 6.84. The first-order chi connectivity index (χ1) is 12.3. The fraction of sp³-hybridized carbons (Fsp3) is 0.650. The molecule has 0 bridgehead atoms. The molecule has 0 aliphatic carbocycles. The van der Waals surface area contributed by atoms with Crippen LogP contribution in [0.25, 0.3) is 0 Å². The van der Waals surface area contributed by atoms with E-state index in [2.05, 4.69) is 50.2 Å². The zero-order chi connectivity index (χ0) is 19.2. The van der Waals surface area contributed by atoms with Crippen LogP contribution in [0, 0.1) is 5.82 Å². The molecule has 1 aromatic rings. The molecule has 1 aliphatic rings.